The molecule has 1 atom stereocenters. The molecule has 0 aromatic heterocycles. The Bertz CT molecular complexity index is 586. The summed E-state index contributed by atoms with van der Waals surface area (Å²) in [4.78, 5) is 17.0. The van der Waals surface area contributed by atoms with Crippen LogP contribution in [0.5, 0.6) is 0 Å². The molecule has 1 amide bonds. The largest absolute Gasteiger partial charge is 0.340 e. The first kappa shape index (κ1) is 18.1. The quantitative estimate of drug-likeness (QED) is 0.723. The van der Waals surface area contributed by atoms with Gasteiger partial charge in [0.25, 0.3) is 10.2 Å². The van der Waals surface area contributed by atoms with Gasteiger partial charge in [-0.25, -0.2) is 0 Å². The summed E-state index contributed by atoms with van der Waals surface area (Å²) in [7, 11) is -1.44. The zero-order chi connectivity index (χ0) is 17.5. The first-order valence-corrected chi connectivity index (χ1v) is 10.4. The van der Waals surface area contributed by atoms with Gasteiger partial charge in [-0.05, 0) is 40.2 Å². The number of carbonyl (C=O) groups excluding carboxylic acids is 1. The van der Waals surface area contributed by atoms with Crippen LogP contribution < -0.4 is 0 Å². The van der Waals surface area contributed by atoms with Crippen LogP contribution in [0.1, 0.15) is 33.1 Å². The van der Waals surface area contributed by atoms with Gasteiger partial charge in [0.05, 0.1) is 5.41 Å². The fourth-order valence-corrected chi connectivity index (χ4v) is 5.87. The average molecular weight is 359 g/mol. The van der Waals surface area contributed by atoms with Crippen LogP contribution >= 0.6 is 0 Å². The van der Waals surface area contributed by atoms with Gasteiger partial charge < -0.3 is 9.80 Å². The first-order valence-electron chi connectivity index (χ1n) is 9.01. The van der Waals surface area contributed by atoms with Crippen molar-refractivity contribution >= 4 is 16.1 Å². The standard InChI is InChI=1S/C16H30N4O3S/c1-14(2)20-7-4-5-16(15(20)21)6-8-19(13-16)24(22,23)18-11-9-17(3)10-12-18/h14H,4-13H2,1-3H3/t16-/m1/s1. The van der Waals surface area contributed by atoms with Gasteiger partial charge in [0.2, 0.25) is 5.91 Å². The van der Waals surface area contributed by atoms with Crippen molar-refractivity contribution in [3.63, 3.8) is 0 Å². The van der Waals surface area contributed by atoms with Crippen LogP contribution in [0, 0.1) is 5.41 Å². The van der Waals surface area contributed by atoms with E-state index in [0.717, 1.165) is 32.5 Å². The normalized spacial score (nSPS) is 31.5. The second kappa shape index (κ2) is 6.55. The SMILES string of the molecule is CC(C)N1CCC[C@]2(CCN(S(=O)(=O)N3CCN(C)CC3)C2)C1=O. The number of hydrogen-bond acceptors (Lipinski definition) is 4. The minimum Gasteiger partial charge on any atom is -0.340 e. The summed E-state index contributed by atoms with van der Waals surface area (Å²) in [5.41, 5.74) is -0.498. The smallest absolute Gasteiger partial charge is 0.282 e. The summed E-state index contributed by atoms with van der Waals surface area (Å²) in [5, 5.41) is 0. The Balaban J connectivity index is 1.73. The highest BCUT2D eigenvalue weighted by Gasteiger charge is 2.52. The van der Waals surface area contributed by atoms with Gasteiger partial charge in [-0.15, -0.1) is 0 Å². The Labute approximate surface area is 145 Å². The summed E-state index contributed by atoms with van der Waals surface area (Å²) in [6.45, 7) is 8.27. The van der Waals surface area contributed by atoms with Gasteiger partial charge in [-0.3, -0.25) is 4.79 Å². The fourth-order valence-electron chi connectivity index (χ4n) is 4.19. The van der Waals surface area contributed by atoms with E-state index in [1.54, 1.807) is 8.61 Å². The Morgan fingerprint density at radius 1 is 0.958 bits per heavy atom. The number of rotatable bonds is 3. The summed E-state index contributed by atoms with van der Waals surface area (Å²) < 4.78 is 29.0. The van der Waals surface area contributed by atoms with E-state index in [-0.39, 0.29) is 11.9 Å². The molecule has 0 radical (unpaired) electrons. The minimum absolute atomic E-state index is 0.153. The molecular formula is C16H30N4O3S. The molecule has 1 spiro atoms. The highest BCUT2D eigenvalue weighted by atomic mass is 32.2. The lowest BCUT2D eigenvalue weighted by Gasteiger charge is -2.41. The Morgan fingerprint density at radius 2 is 1.62 bits per heavy atom. The van der Waals surface area contributed by atoms with E-state index in [4.69, 9.17) is 0 Å². The lowest BCUT2D eigenvalue weighted by molar-refractivity contribution is -0.147. The number of piperazine rings is 1. The van der Waals surface area contributed by atoms with Crippen LogP contribution in [0.15, 0.2) is 0 Å². The number of hydrogen-bond donors (Lipinski definition) is 0. The van der Waals surface area contributed by atoms with Crippen molar-refractivity contribution in [1.29, 1.82) is 0 Å². The van der Waals surface area contributed by atoms with E-state index < -0.39 is 15.6 Å². The van der Waals surface area contributed by atoms with Crippen molar-refractivity contribution in [1.82, 2.24) is 18.4 Å². The molecule has 3 saturated heterocycles. The molecule has 3 aliphatic heterocycles. The van der Waals surface area contributed by atoms with Gasteiger partial charge in [0, 0.05) is 51.9 Å². The zero-order valence-electron chi connectivity index (χ0n) is 15.1. The minimum atomic E-state index is -3.45. The monoisotopic (exact) mass is 358 g/mol. The molecule has 24 heavy (non-hydrogen) atoms. The molecule has 0 unspecified atom stereocenters. The fraction of sp³-hybridized carbons (Fsp3) is 0.938. The van der Waals surface area contributed by atoms with Crippen LogP contribution in [0.2, 0.25) is 0 Å². The molecule has 0 aromatic rings. The van der Waals surface area contributed by atoms with Crippen molar-refractivity contribution in [3.8, 4) is 0 Å². The average Bonchev–Trinajstić information content (AvgIpc) is 2.96. The van der Waals surface area contributed by atoms with Crippen molar-refractivity contribution in [3.05, 3.63) is 0 Å². The summed E-state index contributed by atoms with van der Waals surface area (Å²) in [6.07, 6.45) is 2.43. The molecule has 0 aliphatic carbocycles. The number of piperidine rings is 1. The molecule has 7 nitrogen and oxygen atoms in total. The third-order valence-electron chi connectivity index (χ3n) is 5.83. The number of carbonyl (C=O) groups is 1. The number of amides is 1. The summed E-state index contributed by atoms with van der Waals surface area (Å²) >= 11 is 0. The first-order chi connectivity index (χ1) is 11.3. The predicted molar refractivity (Wildman–Crippen MR) is 92.7 cm³/mol. The van der Waals surface area contributed by atoms with Gasteiger partial charge in [0.15, 0.2) is 0 Å². The summed E-state index contributed by atoms with van der Waals surface area (Å²) in [6, 6.07) is 0.179. The van der Waals surface area contributed by atoms with Crippen molar-refractivity contribution in [2.75, 3.05) is 52.9 Å². The van der Waals surface area contributed by atoms with Gasteiger partial charge >= 0.3 is 0 Å². The Hall–Kier alpha value is -0.700. The molecule has 138 valence electrons. The third-order valence-corrected chi connectivity index (χ3v) is 7.81. The zero-order valence-corrected chi connectivity index (χ0v) is 15.9. The second-order valence-electron chi connectivity index (χ2n) is 7.77. The molecule has 0 aromatic carbocycles. The molecule has 0 N–H and O–H groups in total. The molecule has 3 heterocycles. The Morgan fingerprint density at radius 3 is 2.25 bits per heavy atom. The van der Waals surface area contributed by atoms with Crippen LogP contribution in [0.4, 0.5) is 0 Å². The summed E-state index contributed by atoms with van der Waals surface area (Å²) in [5.74, 6) is 0.153. The number of nitrogens with zero attached hydrogens (tertiary/aromatic N) is 4. The topological polar surface area (TPSA) is 64.2 Å². The van der Waals surface area contributed by atoms with E-state index >= 15 is 0 Å². The van der Waals surface area contributed by atoms with E-state index in [0.29, 0.717) is 32.6 Å². The van der Waals surface area contributed by atoms with Crippen molar-refractivity contribution < 1.29 is 13.2 Å². The maximum Gasteiger partial charge on any atom is 0.282 e. The van der Waals surface area contributed by atoms with E-state index in [2.05, 4.69) is 4.90 Å². The maximum atomic E-state index is 13.0. The van der Waals surface area contributed by atoms with Gasteiger partial charge in [-0.2, -0.15) is 17.0 Å². The molecule has 0 bridgehead atoms. The highest BCUT2D eigenvalue weighted by molar-refractivity contribution is 7.86. The third kappa shape index (κ3) is 3.09. The van der Waals surface area contributed by atoms with Crippen LogP contribution in [0.25, 0.3) is 0 Å². The lowest BCUT2D eigenvalue weighted by Crippen LogP contribution is -2.54. The van der Waals surface area contributed by atoms with Crippen LogP contribution in [-0.4, -0.2) is 91.6 Å². The van der Waals surface area contributed by atoms with E-state index in [9.17, 15) is 13.2 Å². The van der Waals surface area contributed by atoms with E-state index in [1.165, 1.54) is 0 Å². The molecule has 3 fully saturated rings. The Kier molecular flexibility index (Phi) is 4.94. The maximum absolute atomic E-state index is 13.0. The lowest BCUT2D eigenvalue weighted by atomic mass is 9.78. The van der Waals surface area contributed by atoms with E-state index in [1.807, 2.05) is 25.8 Å². The molecule has 3 aliphatic rings. The molecule has 8 heteroatoms. The van der Waals surface area contributed by atoms with Crippen molar-refractivity contribution in [2.24, 2.45) is 5.41 Å². The van der Waals surface area contributed by atoms with Gasteiger partial charge in [-0.1, -0.05) is 0 Å². The van der Waals surface area contributed by atoms with Gasteiger partial charge in [0.1, 0.15) is 0 Å². The van der Waals surface area contributed by atoms with Crippen molar-refractivity contribution in [2.45, 2.75) is 39.2 Å². The highest BCUT2D eigenvalue weighted by Crippen LogP contribution is 2.41. The molecule has 0 saturated carbocycles. The van der Waals surface area contributed by atoms with Crippen LogP contribution in [0.3, 0.4) is 0 Å². The molecular weight excluding hydrogens is 328 g/mol. The second-order valence-corrected chi connectivity index (χ2v) is 9.70. The number of likely N-dealkylation sites (N-methyl/N-ethyl adjacent to an activating group) is 1. The van der Waals surface area contributed by atoms with Crippen LogP contribution in [-0.2, 0) is 15.0 Å². The predicted octanol–water partition coefficient (Wildman–Crippen LogP) is 0.202. The molecule has 3 rings (SSSR count). The number of likely N-dealkylation sites (tertiary alicyclic amines) is 1.